The van der Waals surface area contributed by atoms with E-state index in [2.05, 4.69) is 0 Å². The Hall–Kier alpha value is -2.37. The highest BCUT2D eigenvalue weighted by Crippen LogP contribution is 2.25. The molecule has 0 spiro atoms. The maximum atomic E-state index is 12.7. The van der Waals surface area contributed by atoms with Crippen LogP contribution in [0, 0.1) is 0 Å². The normalized spacial score (nSPS) is 18.0. The first-order valence-corrected chi connectivity index (χ1v) is 8.26. The summed E-state index contributed by atoms with van der Waals surface area (Å²) in [5, 5.41) is 0. The molecular formula is C18H25N3O3. The SMILES string of the molecule is CC(C)N(C(=O)CN1C(=O)[C@@H](C)N(c2ccccc2)C1=O)C(C)C. The van der Waals surface area contributed by atoms with Crippen molar-refractivity contribution in [3.05, 3.63) is 30.3 Å². The molecule has 1 aromatic rings. The molecule has 0 aromatic heterocycles. The minimum Gasteiger partial charge on any atom is -0.336 e. The van der Waals surface area contributed by atoms with Gasteiger partial charge in [-0.05, 0) is 46.8 Å². The Morgan fingerprint density at radius 2 is 1.62 bits per heavy atom. The van der Waals surface area contributed by atoms with Gasteiger partial charge in [0.25, 0.3) is 5.91 Å². The fraction of sp³-hybridized carbons (Fsp3) is 0.500. The number of rotatable bonds is 5. The average molecular weight is 331 g/mol. The van der Waals surface area contributed by atoms with Crippen LogP contribution in [0.5, 0.6) is 0 Å². The highest BCUT2D eigenvalue weighted by Gasteiger charge is 2.44. The summed E-state index contributed by atoms with van der Waals surface area (Å²) in [6, 6.07) is 7.99. The van der Waals surface area contributed by atoms with Gasteiger partial charge in [0.2, 0.25) is 5.91 Å². The van der Waals surface area contributed by atoms with Gasteiger partial charge in [-0.25, -0.2) is 4.79 Å². The molecule has 1 fully saturated rings. The van der Waals surface area contributed by atoms with E-state index in [1.807, 2.05) is 45.9 Å². The van der Waals surface area contributed by atoms with Crippen molar-refractivity contribution in [2.75, 3.05) is 11.4 Å². The zero-order valence-corrected chi connectivity index (χ0v) is 14.9. The van der Waals surface area contributed by atoms with Gasteiger partial charge in [-0.2, -0.15) is 0 Å². The summed E-state index contributed by atoms with van der Waals surface area (Å²) in [5.41, 5.74) is 0.655. The third-order valence-electron chi connectivity index (χ3n) is 4.18. The molecule has 1 aliphatic rings. The lowest BCUT2D eigenvalue weighted by atomic mass is 10.2. The summed E-state index contributed by atoms with van der Waals surface area (Å²) in [5.74, 6) is -0.562. The molecule has 24 heavy (non-hydrogen) atoms. The van der Waals surface area contributed by atoms with Crippen molar-refractivity contribution in [3.63, 3.8) is 0 Å². The van der Waals surface area contributed by atoms with Gasteiger partial charge in [-0.1, -0.05) is 18.2 Å². The lowest BCUT2D eigenvalue weighted by Crippen LogP contribution is -2.48. The number of para-hydroxylation sites is 1. The lowest BCUT2D eigenvalue weighted by molar-refractivity contribution is -0.139. The van der Waals surface area contributed by atoms with Gasteiger partial charge in [0.15, 0.2) is 0 Å². The number of benzene rings is 1. The van der Waals surface area contributed by atoms with Crippen molar-refractivity contribution in [1.82, 2.24) is 9.80 Å². The number of imide groups is 1. The number of nitrogens with zero attached hydrogens (tertiary/aromatic N) is 3. The first kappa shape index (κ1) is 18.0. The van der Waals surface area contributed by atoms with E-state index in [1.54, 1.807) is 24.0 Å². The van der Waals surface area contributed by atoms with Gasteiger partial charge in [-0.3, -0.25) is 19.4 Å². The minimum atomic E-state index is -0.612. The van der Waals surface area contributed by atoms with Gasteiger partial charge >= 0.3 is 6.03 Å². The van der Waals surface area contributed by atoms with Crippen LogP contribution in [0.3, 0.4) is 0 Å². The molecule has 0 saturated carbocycles. The number of anilines is 1. The van der Waals surface area contributed by atoms with E-state index in [0.29, 0.717) is 5.69 Å². The molecule has 130 valence electrons. The van der Waals surface area contributed by atoms with E-state index in [1.165, 1.54) is 4.90 Å². The number of carbonyl (C=O) groups excluding carboxylic acids is 3. The smallest absolute Gasteiger partial charge is 0.332 e. The summed E-state index contributed by atoms with van der Waals surface area (Å²) >= 11 is 0. The monoisotopic (exact) mass is 331 g/mol. The van der Waals surface area contributed by atoms with Crippen molar-refractivity contribution in [1.29, 1.82) is 0 Å². The maximum absolute atomic E-state index is 12.7. The Morgan fingerprint density at radius 3 is 2.12 bits per heavy atom. The van der Waals surface area contributed by atoms with Crippen LogP contribution < -0.4 is 4.90 Å². The molecule has 1 heterocycles. The van der Waals surface area contributed by atoms with Gasteiger partial charge in [0.1, 0.15) is 12.6 Å². The Labute approximate surface area is 143 Å². The second kappa shape index (κ2) is 7.03. The van der Waals surface area contributed by atoms with Crippen LogP contribution in [0.1, 0.15) is 34.6 Å². The molecule has 4 amide bonds. The second-order valence-electron chi connectivity index (χ2n) is 6.58. The first-order chi connectivity index (χ1) is 11.3. The van der Waals surface area contributed by atoms with E-state index in [9.17, 15) is 14.4 Å². The molecule has 0 aliphatic carbocycles. The summed E-state index contributed by atoms with van der Waals surface area (Å²) < 4.78 is 0. The molecule has 0 radical (unpaired) electrons. The highest BCUT2D eigenvalue weighted by atomic mass is 16.2. The molecule has 6 nitrogen and oxygen atoms in total. The highest BCUT2D eigenvalue weighted by molar-refractivity contribution is 6.15. The first-order valence-electron chi connectivity index (χ1n) is 8.26. The van der Waals surface area contributed by atoms with Crippen LogP contribution in [0.2, 0.25) is 0 Å². The summed E-state index contributed by atoms with van der Waals surface area (Å²) in [6.07, 6.45) is 0. The minimum absolute atomic E-state index is 0.00737. The quantitative estimate of drug-likeness (QED) is 0.779. The van der Waals surface area contributed by atoms with Gasteiger partial charge < -0.3 is 4.90 Å². The van der Waals surface area contributed by atoms with Crippen molar-refractivity contribution in [2.45, 2.75) is 52.7 Å². The van der Waals surface area contributed by atoms with E-state index >= 15 is 0 Å². The van der Waals surface area contributed by atoms with Crippen LogP contribution in [0.4, 0.5) is 10.5 Å². The van der Waals surface area contributed by atoms with Crippen molar-refractivity contribution < 1.29 is 14.4 Å². The molecule has 0 N–H and O–H groups in total. The number of urea groups is 1. The number of carbonyl (C=O) groups is 3. The summed E-state index contributed by atoms with van der Waals surface area (Å²) in [4.78, 5) is 41.9. The Kier molecular flexibility index (Phi) is 5.26. The van der Waals surface area contributed by atoms with E-state index in [0.717, 1.165) is 4.90 Å². The fourth-order valence-corrected chi connectivity index (χ4v) is 3.18. The average Bonchev–Trinajstić information content (AvgIpc) is 2.71. The topological polar surface area (TPSA) is 60.9 Å². The standard InChI is InChI=1S/C18H25N3O3/c1-12(2)20(13(3)4)16(22)11-19-17(23)14(5)21(18(19)24)15-9-7-6-8-10-15/h6-10,12-14H,11H2,1-5H3/t14-/m1/s1. The molecule has 1 saturated heterocycles. The van der Waals surface area contributed by atoms with Crippen molar-refractivity contribution in [2.24, 2.45) is 0 Å². The third kappa shape index (κ3) is 3.27. The lowest BCUT2D eigenvalue weighted by Gasteiger charge is -2.31. The zero-order chi connectivity index (χ0) is 18.0. The van der Waals surface area contributed by atoms with Crippen LogP contribution >= 0.6 is 0 Å². The largest absolute Gasteiger partial charge is 0.336 e. The molecule has 2 rings (SSSR count). The number of amides is 4. The van der Waals surface area contributed by atoms with Crippen LogP contribution in [0.15, 0.2) is 30.3 Å². The van der Waals surface area contributed by atoms with Crippen LogP contribution in [-0.2, 0) is 9.59 Å². The van der Waals surface area contributed by atoms with Gasteiger partial charge in [0.05, 0.1) is 0 Å². The third-order valence-corrected chi connectivity index (χ3v) is 4.18. The maximum Gasteiger partial charge on any atom is 0.332 e. The Morgan fingerprint density at radius 1 is 1.08 bits per heavy atom. The van der Waals surface area contributed by atoms with E-state index < -0.39 is 12.1 Å². The second-order valence-corrected chi connectivity index (χ2v) is 6.58. The predicted octanol–water partition coefficient (Wildman–Crippen LogP) is 2.49. The summed E-state index contributed by atoms with van der Waals surface area (Å²) in [6.45, 7) is 9.14. The molecule has 1 atom stereocenters. The molecule has 0 bridgehead atoms. The molecule has 1 aromatic carbocycles. The number of hydrogen-bond acceptors (Lipinski definition) is 3. The summed E-state index contributed by atoms with van der Waals surface area (Å²) in [7, 11) is 0. The van der Waals surface area contributed by atoms with E-state index in [-0.39, 0.29) is 30.4 Å². The van der Waals surface area contributed by atoms with Crippen molar-refractivity contribution in [3.8, 4) is 0 Å². The Balaban J connectivity index is 2.21. The van der Waals surface area contributed by atoms with Gasteiger partial charge in [0, 0.05) is 17.8 Å². The van der Waals surface area contributed by atoms with Gasteiger partial charge in [-0.15, -0.1) is 0 Å². The fourth-order valence-electron chi connectivity index (χ4n) is 3.18. The predicted molar refractivity (Wildman–Crippen MR) is 92.6 cm³/mol. The Bertz CT molecular complexity index is 620. The van der Waals surface area contributed by atoms with E-state index in [4.69, 9.17) is 0 Å². The number of hydrogen-bond donors (Lipinski definition) is 0. The molecular weight excluding hydrogens is 306 g/mol. The molecule has 6 heteroatoms. The zero-order valence-electron chi connectivity index (χ0n) is 14.9. The van der Waals surface area contributed by atoms with Crippen molar-refractivity contribution >= 4 is 23.5 Å². The van der Waals surface area contributed by atoms with Crippen LogP contribution in [-0.4, -0.2) is 52.3 Å². The molecule has 0 unspecified atom stereocenters. The van der Waals surface area contributed by atoms with Crippen LogP contribution in [0.25, 0.3) is 0 Å². The molecule has 1 aliphatic heterocycles.